The standard InChI is InChI=1S/C10H6Cl2N4/c11-9-5-2-1-3-6-8(5)7(4-13-15-9)14-16-10(6)12/h1-3,13H,4H2. The molecule has 1 aliphatic rings. The molecular formula is C10H6Cl2N4. The highest BCUT2D eigenvalue weighted by Crippen LogP contribution is 2.28. The van der Waals surface area contributed by atoms with E-state index in [4.69, 9.17) is 23.2 Å². The lowest BCUT2D eigenvalue weighted by Crippen LogP contribution is -2.06. The largest absolute Gasteiger partial charge is 0.303 e. The third kappa shape index (κ3) is 1.34. The molecule has 2 aromatic rings. The summed E-state index contributed by atoms with van der Waals surface area (Å²) >= 11 is 12.1. The van der Waals surface area contributed by atoms with Crippen LogP contribution < -0.4 is 5.43 Å². The van der Waals surface area contributed by atoms with Gasteiger partial charge in [0.2, 0.25) is 0 Å². The zero-order valence-corrected chi connectivity index (χ0v) is 9.55. The van der Waals surface area contributed by atoms with Gasteiger partial charge in [0.1, 0.15) is 0 Å². The summed E-state index contributed by atoms with van der Waals surface area (Å²) in [5.74, 6) is 0. The first kappa shape index (κ1) is 9.81. The van der Waals surface area contributed by atoms with Crippen LogP contribution in [0.2, 0.25) is 5.15 Å². The molecule has 0 unspecified atom stereocenters. The minimum absolute atomic E-state index is 0.381. The molecule has 0 fully saturated rings. The third-order valence-corrected chi connectivity index (χ3v) is 3.05. The second kappa shape index (κ2) is 3.57. The highest BCUT2D eigenvalue weighted by molar-refractivity contribution is 6.70. The van der Waals surface area contributed by atoms with Crippen LogP contribution in [0.5, 0.6) is 0 Å². The molecule has 1 aliphatic heterocycles. The van der Waals surface area contributed by atoms with Crippen molar-refractivity contribution in [1.82, 2.24) is 15.6 Å². The van der Waals surface area contributed by atoms with Gasteiger partial charge in [0.25, 0.3) is 0 Å². The van der Waals surface area contributed by atoms with E-state index in [0.29, 0.717) is 16.9 Å². The topological polar surface area (TPSA) is 50.2 Å². The number of hydrogen-bond acceptors (Lipinski definition) is 4. The predicted molar refractivity (Wildman–Crippen MR) is 63.8 cm³/mol. The van der Waals surface area contributed by atoms with E-state index in [9.17, 15) is 0 Å². The molecule has 16 heavy (non-hydrogen) atoms. The van der Waals surface area contributed by atoms with Crippen molar-refractivity contribution in [3.63, 3.8) is 0 Å². The average Bonchev–Trinajstić information content (AvgIpc) is 2.46. The Morgan fingerprint density at radius 3 is 2.94 bits per heavy atom. The summed E-state index contributed by atoms with van der Waals surface area (Å²) in [5, 5.41) is 14.5. The van der Waals surface area contributed by atoms with Gasteiger partial charge in [0.05, 0.1) is 12.2 Å². The van der Waals surface area contributed by atoms with Crippen LogP contribution in [0.3, 0.4) is 0 Å². The first-order chi connectivity index (χ1) is 7.77. The smallest absolute Gasteiger partial charge is 0.159 e. The van der Waals surface area contributed by atoms with Crippen molar-refractivity contribution in [2.45, 2.75) is 6.54 Å². The summed E-state index contributed by atoms with van der Waals surface area (Å²) in [7, 11) is 0. The van der Waals surface area contributed by atoms with Crippen molar-refractivity contribution in [1.29, 1.82) is 0 Å². The Balaban J connectivity index is 2.51. The van der Waals surface area contributed by atoms with Crippen molar-refractivity contribution in [2.24, 2.45) is 5.10 Å². The van der Waals surface area contributed by atoms with Gasteiger partial charge in [-0.1, -0.05) is 41.4 Å². The molecule has 0 atom stereocenters. The van der Waals surface area contributed by atoms with Gasteiger partial charge in [0, 0.05) is 16.3 Å². The number of nitrogens with zero attached hydrogens (tertiary/aromatic N) is 3. The maximum atomic E-state index is 6.07. The van der Waals surface area contributed by atoms with Crippen molar-refractivity contribution < 1.29 is 0 Å². The Hall–Kier alpha value is -1.39. The van der Waals surface area contributed by atoms with Crippen LogP contribution in [0, 0.1) is 0 Å². The third-order valence-electron chi connectivity index (χ3n) is 2.48. The van der Waals surface area contributed by atoms with E-state index in [-0.39, 0.29) is 0 Å². The summed E-state index contributed by atoms with van der Waals surface area (Å²) in [5.41, 5.74) is 4.46. The minimum Gasteiger partial charge on any atom is -0.303 e. The number of hydrogen-bond donors (Lipinski definition) is 1. The normalized spacial score (nSPS) is 14.2. The number of nitrogens with one attached hydrogen (secondary N) is 1. The second-order valence-corrected chi connectivity index (χ2v) is 4.12. The second-order valence-electron chi connectivity index (χ2n) is 3.40. The van der Waals surface area contributed by atoms with Gasteiger partial charge in [-0.05, 0) is 0 Å². The van der Waals surface area contributed by atoms with E-state index in [1.165, 1.54) is 0 Å². The molecule has 0 saturated heterocycles. The van der Waals surface area contributed by atoms with E-state index in [0.717, 1.165) is 22.0 Å². The van der Waals surface area contributed by atoms with Gasteiger partial charge in [-0.15, -0.1) is 5.10 Å². The maximum Gasteiger partial charge on any atom is 0.159 e. The molecule has 0 amide bonds. The Labute approximate surface area is 101 Å². The first-order valence-corrected chi connectivity index (χ1v) is 5.43. The predicted octanol–water partition coefficient (Wildman–Crippen LogP) is 2.29. The molecule has 0 spiro atoms. The molecule has 3 rings (SSSR count). The molecule has 1 N–H and O–H groups in total. The van der Waals surface area contributed by atoms with Crippen LogP contribution in [0.1, 0.15) is 11.3 Å². The highest BCUT2D eigenvalue weighted by atomic mass is 35.5. The lowest BCUT2D eigenvalue weighted by atomic mass is 10.1. The Morgan fingerprint density at radius 2 is 2.06 bits per heavy atom. The van der Waals surface area contributed by atoms with Gasteiger partial charge in [-0.25, -0.2) is 0 Å². The molecule has 4 nitrogen and oxygen atoms in total. The number of rotatable bonds is 0. The highest BCUT2D eigenvalue weighted by Gasteiger charge is 2.16. The van der Waals surface area contributed by atoms with E-state index in [1.807, 2.05) is 18.2 Å². The quantitative estimate of drug-likeness (QED) is 0.783. The zero-order chi connectivity index (χ0) is 11.1. The summed E-state index contributed by atoms with van der Waals surface area (Å²) in [6.45, 7) is 0.494. The zero-order valence-electron chi connectivity index (χ0n) is 8.04. The molecule has 2 heterocycles. The molecule has 80 valence electrons. The number of benzene rings is 1. The maximum absolute atomic E-state index is 6.07. The summed E-state index contributed by atoms with van der Waals surface area (Å²) in [6.07, 6.45) is 0. The van der Waals surface area contributed by atoms with Gasteiger partial charge in [0.15, 0.2) is 10.3 Å². The SMILES string of the molecule is ClC1=NNCc2nnc(Cl)c3cccc1c23. The van der Waals surface area contributed by atoms with Crippen LogP contribution in [0.15, 0.2) is 23.3 Å². The van der Waals surface area contributed by atoms with Crippen molar-refractivity contribution in [3.8, 4) is 0 Å². The van der Waals surface area contributed by atoms with Gasteiger partial charge < -0.3 is 5.43 Å². The van der Waals surface area contributed by atoms with E-state index in [2.05, 4.69) is 20.7 Å². The molecule has 1 aromatic carbocycles. The van der Waals surface area contributed by atoms with Crippen LogP contribution in [-0.2, 0) is 6.54 Å². The molecule has 0 radical (unpaired) electrons. The van der Waals surface area contributed by atoms with Crippen molar-refractivity contribution in [3.05, 3.63) is 34.6 Å². The Morgan fingerprint density at radius 1 is 1.19 bits per heavy atom. The number of hydrazone groups is 1. The summed E-state index contributed by atoms with van der Waals surface area (Å²) in [6, 6.07) is 5.66. The van der Waals surface area contributed by atoms with Crippen molar-refractivity contribution >= 4 is 39.1 Å². The van der Waals surface area contributed by atoms with Crippen LogP contribution in [0.25, 0.3) is 10.8 Å². The van der Waals surface area contributed by atoms with Crippen LogP contribution in [0.4, 0.5) is 0 Å². The molecule has 6 heteroatoms. The molecule has 1 aromatic heterocycles. The fourth-order valence-corrected chi connectivity index (χ4v) is 2.20. The van der Waals surface area contributed by atoms with Crippen LogP contribution in [-0.4, -0.2) is 15.4 Å². The average molecular weight is 253 g/mol. The van der Waals surface area contributed by atoms with Gasteiger partial charge in [-0.3, -0.25) is 0 Å². The fourth-order valence-electron chi connectivity index (χ4n) is 1.78. The molecule has 0 saturated carbocycles. The van der Waals surface area contributed by atoms with E-state index < -0.39 is 0 Å². The number of halogens is 2. The molecule has 0 bridgehead atoms. The lowest BCUT2D eigenvalue weighted by Gasteiger charge is -2.06. The summed E-state index contributed by atoms with van der Waals surface area (Å²) in [4.78, 5) is 0. The Kier molecular flexibility index (Phi) is 2.19. The fraction of sp³-hybridized carbons (Fsp3) is 0.100. The summed E-state index contributed by atoms with van der Waals surface area (Å²) < 4.78 is 0. The van der Waals surface area contributed by atoms with Crippen molar-refractivity contribution in [2.75, 3.05) is 0 Å². The lowest BCUT2D eigenvalue weighted by molar-refractivity contribution is 0.724. The molecule has 0 aliphatic carbocycles. The van der Waals surface area contributed by atoms with Crippen LogP contribution >= 0.6 is 23.2 Å². The Bertz CT molecular complexity index is 609. The van der Waals surface area contributed by atoms with E-state index in [1.54, 1.807) is 0 Å². The van der Waals surface area contributed by atoms with Gasteiger partial charge in [-0.2, -0.15) is 10.2 Å². The first-order valence-electron chi connectivity index (χ1n) is 4.67. The monoisotopic (exact) mass is 252 g/mol. The van der Waals surface area contributed by atoms with E-state index >= 15 is 0 Å². The number of aromatic nitrogens is 2. The minimum atomic E-state index is 0.381. The molecular weight excluding hydrogens is 247 g/mol. The van der Waals surface area contributed by atoms with Gasteiger partial charge >= 0.3 is 0 Å².